The van der Waals surface area contributed by atoms with E-state index in [1.54, 1.807) is 0 Å². The summed E-state index contributed by atoms with van der Waals surface area (Å²) in [7, 11) is 0. The highest BCUT2D eigenvalue weighted by Crippen LogP contribution is 2.24. The second-order valence-corrected chi connectivity index (χ2v) is 5.35. The number of carboxylic acids is 1. The molecular formula is C15H21NO4. The van der Waals surface area contributed by atoms with Crippen molar-refractivity contribution in [1.82, 2.24) is 5.32 Å². The molecule has 0 aliphatic carbocycles. The minimum absolute atomic E-state index is 0.00796. The molecule has 0 radical (unpaired) electrons. The number of benzene rings is 1. The maximum absolute atomic E-state index is 11.9. The van der Waals surface area contributed by atoms with Gasteiger partial charge in [0.15, 0.2) is 5.54 Å². The molecule has 0 bridgehead atoms. The average molecular weight is 279 g/mol. The highest BCUT2D eigenvalue weighted by molar-refractivity contribution is 5.81. The van der Waals surface area contributed by atoms with Gasteiger partial charge in [0.1, 0.15) is 6.10 Å². The van der Waals surface area contributed by atoms with E-state index in [1.165, 1.54) is 0 Å². The minimum Gasteiger partial charge on any atom is -0.480 e. The maximum atomic E-state index is 11.9. The topological polar surface area (TPSA) is 67.8 Å². The van der Waals surface area contributed by atoms with Crippen LogP contribution in [-0.4, -0.2) is 43.0 Å². The minimum atomic E-state index is -1.23. The fourth-order valence-electron chi connectivity index (χ4n) is 2.22. The third-order valence-corrected chi connectivity index (χ3v) is 3.31. The fraction of sp³-hybridized carbons (Fsp3) is 0.533. The number of carbonyl (C=O) groups is 1. The van der Waals surface area contributed by atoms with Gasteiger partial charge in [0.05, 0.1) is 19.8 Å². The van der Waals surface area contributed by atoms with Gasteiger partial charge in [0, 0.05) is 6.04 Å². The van der Waals surface area contributed by atoms with Gasteiger partial charge >= 0.3 is 5.97 Å². The molecule has 2 N–H and O–H groups in total. The monoisotopic (exact) mass is 279 g/mol. The lowest BCUT2D eigenvalue weighted by Gasteiger charge is -2.36. The summed E-state index contributed by atoms with van der Waals surface area (Å²) in [4.78, 5) is 11.9. The number of carboxylic acid groups (broad SMARTS) is 1. The third kappa shape index (κ3) is 3.17. The smallest absolute Gasteiger partial charge is 0.331 e. The van der Waals surface area contributed by atoms with Crippen LogP contribution >= 0.6 is 0 Å². The standard InChI is InChI=1S/C15H21NO4/c1-11(2)16-15(14(17)18,10-20-13-8-19-9-13)12-6-4-3-5-7-12/h3-7,11,13,16H,8-10H2,1-2H3,(H,17,18). The Balaban J connectivity index is 2.25. The van der Waals surface area contributed by atoms with Gasteiger partial charge in [0.2, 0.25) is 0 Å². The van der Waals surface area contributed by atoms with Crippen LogP contribution in [0, 0.1) is 0 Å². The lowest BCUT2D eigenvalue weighted by Crippen LogP contribution is -2.56. The van der Waals surface area contributed by atoms with E-state index < -0.39 is 11.5 Å². The quantitative estimate of drug-likeness (QED) is 0.789. The number of hydrogen-bond donors (Lipinski definition) is 2. The van der Waals surface area contributed by atoms with E-state index in [-0.39, 0.29) is 18.8 Å². The molecule has 1 aliphatic rings. The molecule has 0 amide bonds. The number of hydrogen-bond acceptors (Lipinski definition) is 4. The lowest BCUT2D eigenvalue weighted by molar-refractivity contribution is -0.163. The molecule has 1 aromatic rings. The summed E-state index contributed by atoms with van der Waals surface area (Å²) >= 11 is 0. The molecule has 1 aromatic carbocycles. The molecule has 1 heterocycles. The molecule has 1 fully saturated rings. The van der Waals surface area contributed by atoms with Crippen molar-refractivity contribution in [3.8, 4) is 0 Å². The number of nitrogens with one attached hydrogen (secondary N) is 1. The largest absolute Gasteiger partial charge is 0.480 e. The molecular weight excluding hydrogens is 258 g/mol. The molecule has 5 heteroatoms. The SMILES string of the molecule is CC(C)NC(COC1COC1)(C(=O)O)c1ccccc1. The van der Waals surface area contributed by atoms with Gasteiger partial charge in [-0.15, -0.1) is 0 Å². The Morgan fingerprint density at radius 1 is 1.45 bits per heavy atom. The highest BCUT2D eigenvalue weighted by atomic mass is 16.6. The van der Waals surface area contributed by atoms with E-state index in [4.69, 9.17) is 9.47 Å². The first kappa shape index (κ1) is 15.0. The molecule has 0 saturated carbocycles. The van der Waals surface area contributed by atoms with E-state index in [9.17, 15) is 9.90 Å². The van der Waals surface area contributed by atoms with Crippen LogP contribution in [0.15, 0.2) is 30.3 Å². The van der Waals surface area contributed by atoms with E-state index in [0.29, 0.717) is 18.8 Å². The average Bonchev–Trinajstić information content (AvgIpc) is 2.35. The first-order valence-electron chi connectivity index (χ1n) is 6.80. The van der Waals surface area contributed by atoms with Crippen molar-refractivity contribution < 1.29 is 19.4 Å². The van der Waals surface area contributed by atoms with Crippen molar-refractivity contribution in [3.05, 3.63) is 35.9 Å². The van der Waals surface area contributed by atoms with Crippen LogP contribution in [0.5, 0.6) is 0 Å². The van der Waals surface area contributed by atoms with Gasteiger partial charge < -0.3 is 14.6 Å². The zero-order valence-electron chi connectivity index (χ0n) is 11.8. The Morgan fingerprint density at radius 3 is 2.55 bits per heavy atom. The van der Waals surface area contributed by atoms with E-state index in [2.05, 4.69) is 5.32 Å². The van der Waals surface area contributed by atoms with Gasteiger partial charge in [0.25, 0.3) is 0 Å². The predicted molar refractivity (Wildman–Crippen MR) is 74.6 cm³/mol. The lowest BCUT2D eigenvalue weighted by atomic mass is 9.89. The molecule has 20 heavy (non-hydrogen) atoms. The predicted octanol–water partition coefficient (Wildman–Crippen LogP) is 1.38. The van der Waals surface area contributed by atoms with Crippen LogP contribution in [-0.2, 0) is 19.8 Å². The second kappa shape index (κ2) is 6.35. The molecule has 1 unspecified atom stereocenters. The van der Waals surface area contributed by atoms with Gasteiger partial charge in [-0.1, -0.05) is 30.3 Å². The van der Waals surface area contributed by atoms with Crippen LogP contribution in [0.25, 0.3) is 0 Å². The van der Waals surface area contributed by atoms with Crippen molar-refractivity contribution in [2.75, 3.05) is 19.8 Å². The Hall–Kier alpha value is -1.43. The van der Waals surface area contributed by atoms with Crippen molar-refractivity contribution in [3.63, 3.8) is 0 Å². The van der Waals surface area contributed by atoms with Crippen LogP contribution in [0.1, 0.15) is 19.4 Å². The fourth-order valence-corrected chi connectivity index (χ4v) is 2.22. The Labute approximate surface area is 118 Å². The summed E-state index contributed by atoms with van der Waals surface area (Å²) in [6, 6.07) is 9.18. The molecule has 0 spiro atoms. The summed E-state index contributed by atoms with van der Waals surface area (Å²) < 4.78 is 10.7. The molecule has 0 aromatic heterocycles. The molecule has 1 aliphatic heterocycles. The first-order chi connectivity index (χ1) is 9.54. The summed E-state index contributed by atoms with van der Waals surface area (Å²) in [5.74, 6) is -0.933. The van der Waals surface area contributed by atoms with Crippen molar-refractivity contribution in [2.45, 2.75) is 31.5 Å². The molecule has 1 atom stereocenters. The maximum Gasteiger partial charge on any atom is 0.331 e. The van der Waals surface area contributed by atoms with Crippen molar-refractivity contribution in [2.24, 2.45) is 0 Å². The summed E-state index contributed by atoms with van der Waals surface area (Å²) in [6.07, 6.45) is -0.00796. The van der Waals surface area contributed by atoms with Crippen LogP contribution in [0.4, 0.5) is 0 Å². The Bertz CT molecular complexity index is 444. The van der Waals surface area contributed by atoms with Gasteiger partial charge in [-0.2, -0.15) is 0 Å². The summed E-state index contributed by atoms with van der Waals surface area (Å²) in [6.45, 7) is 5.00. The zero-order chi connectivity index (χ0) is 14.6. The zero-order valence-corrected chi connectivity index (χ0v) is 11.8. The normalized spacial score (nSPS) is 18.6. The second-order valence-electron chi connectivity index (χ2n) is 5.35. The molecule has 2 rings (SSSR count). The van der Waals surface area contributed by atoms with Crippen molar-refractivity contribution in [1.29, 1.82) is 0 Å². The van der Waals surface area contributed by atoms with Crippen LogP contribution in [0.3, 0.4) is 0 Å². The van der Waals surface area contributed by atoms with E-state index in [0.717, 1.165) is 0 Å². The van der Waals surface area contributed by atoms with Crippen molar-refractivity contribution >= 4 is 5.97 Å². The van der Waals surface area contributed by atoms with E-state index in [1.807, 2.05) is 44.2 Å². The van der Waals surface area contributed by atoms with Crippen LogP contribution in [0.2, 0.25) is 0 Å². The highest BCUT2D eigenvalue weighted by Gasteiger charge is 2.42. The summed E-state index contributed by atoms with van der Waals surface area (Å²) in [5, 5.41) is 12.9. The summed E-state index contributed by atoms with van der Waals surface area (Å²) in [5.41, 5.74) is -0.535. The molecule has 1 saturated heterocycles. The Morgan fingerprint density at radius 2 is 2.10 bits per heavy atom. The van der Waals surface area contributed by atoms with Gasteiger partial charge in [-0.25, -0.2) is 4.79 Å². The molecule has 5 nitrogen and oxygen atoms in total. The number of rotatable bonds is 7. The van der Waals surface area contributed by atoms with Crippen LogP contribution < -0.4 is 5.32 Å². The first-order valence-corrected chi connectivity index (χ1v) is 6.80. The van der Waals surface area contributed by atoms with Gasteiger partial charge in [-0.3, -0.25) is 5.32 Å². The number of ether oxygens (including phenoxy) is 2. The van der Waals surface area contributed by atoms with E-state index >= 15 is 0 Å². The Kier molecular flexibility index (Phi) is 4.75. The van der Waals surface area contributed by atoms with Gasteiger partial charge in [-0.05, 0) is 19.4 Å². The molecule has 110 valence electrons. The number of aliphatic carboxylic acids is 1. The third-order valence-electron chi connectivity index (χ3n) is 3.31.